The third-order valence-electron chi connectivity index (χ3n) is 8.23. The van der Waals surface area contributed by atoms with Crippen molar-refractivity contribution in [2.45, 2.75) is 0 Å². The zero-order chi connectivity index (χ0) is 28.8. The van der Waals surface area contributed by atoms with Gasteiger partial charge in [-0.2, -0.15) is 0 Å². The van der Waals surface area contributed by atoms with E-state index in [1.54, 1.807) is 6.07 Å². The second-order valence-electron chi connectivity index (χ2n) is 10.8. The van der Waals surface area contributed by atoms with Crippen molar-refractivity contribution in [2.75, 3.05) is 5.32 Å². The number of halogens is 1. The van der Waals surface area contributed by atoms with E-state index >= 15 is 0 Å². The maximum Gasteiger partial charge on any atom is 0.133 e. The number of hydrogen-bond acceptors (Lipinski definition) is 1. The molecule has 1 heterocycles. The van der Waals surface area contributed by atoms with Crippen LogP contribution in [0.25, 0.3) is 60.5 Å². The lowest BCUT2D eigenvalue weighted by Gasteiger charge is -2.14. The van der Waals surface area contributed by atoms with E-state index in [0.717, 1.165) is 33.5 Å². The summed E-state index contributed by atoms with van der Waals surface area (Å²) >= 11 is 0. The van der Waals surface area contributed by atoms with Crippen LogP contribution in [-0.4, -0.2) is 4.57 Å². The molecule has 0 fully saturated rings. The third-order valence-corrected chi connectivity index (χ3v) is 8.23. The van der Waals surface area contributed by atoms with Gasteiger partial charge in [-0.3, -0.25) is 0 Å². The molecule has 0 aliphatic heterocycles. The van der Waals surface area contributed by atoms with E-state index < -0.39 is 0 Å². The number of benzene rings is 7. The second kappa shape index (κ2) is 10.3. The molecule has 0 unspecified atom stereocenters. The Morgan fingerprint density at radius 1 is 0.465 bits per heavy atom. The lowest BCUT2D eigenvalue weighted by atomic mass is 9.91. The summed E-state index contributed by atoms with van der Waals surface area (Å²) in [7, 11) is 0. The molecule has 3 heteroatoms. The molecule has 0 saturated carbocycles. The highest BCUT2D eigenvalue weighted by atomic mass is 19.1. The number of para-hydroxylation sites is 1. The first-order chi connectivity index (χ1) is 21.2. The molecule has 0 spiro atoms. The molecule has 0 aliphatic rings. The van der Waals surface area contributed by atoms with Crippen molar-refractivity contribution in [3.63, 3.8) is 0 Å². The van der Waals surface area contributed by atoms with Gasteiger partial charge in [0, 0.05) is 27.8 Å². The Morgan fingerprint density at radius 2 is 1.12 bits per heavy atom. The summed E-state index contributed by atoms with van der Waals surface area (Å²) in [4.78, 5) is 0. The Hall–Kier alpha value is -5.67. The SMILES string of the molecule is Fc1cccc2c1c1ccccc1n2-c1cccc(Nc2ccc(-c3cccc4cccc(-c5ccccc5)c34)cc2)c1. The molecular weight excluding hydrogens is 527 g/mol. The quantitative estimate of drug-likeness (QED) is 0.224. The van der Waals surface area contributed by atoms with Crippen molar-refractivity contribution in [3.05, 3.63) is 164 Å². The fourth-order valence-corrected chi connectivity index (χ4v) is 6.32. The number of anilines is 2. The lowest BCUT2D eigenvalue weighted by Crippen LogP contribution is -1.96. The summed E-state index contributed by atoms with van der Waals surface area (Å²) in [6, 6.07) is 53.8. The molecule has 0 aliphatic carbocycles. The van der Waals surface area contributed by atoms with E-state index in [-0.39, 0.29) is 5.82 Å². The van der Waals surface area contributed by atoms with Crippen LogP contribution in [0.4, 0.5) is 15.8 Å². The van der Waals surface area contributed by atoms with Gasteiger partial charge in [0.1, 0.15) is 5.82 Å². The Morgan fingerprint density at radius 3 is 1.91 bits per heavy atom. The minimum atomic E-state index is -0.205. The molecule has 1 N–H and O–H groups in total. The molecule has 0 amide bonds. The average molecular weight is 555 g/mol. The van der Waals surface area contributed by atoms with Gasteiger partial charge >= 0.3 is 0 Å². The topological polar surface area (TPSA) is 17.0 Å². The van der Waals surface area contributed by atoms with Crippen molar-refractivity contribution in [1.29, 1.82) is 0 Å². The van der Waals surface area contributed by atoms with Gasteiger partial charge < -0.3 is 9.88 Å². The van der Waals surface area contributed by atoms with Crippen molar-refractivity contribution < 1.29 is 4.39 Å². The molecule has 0 radical (unpaired) electrons. The van der Waals surface area contributed by atoms with Gasteiger partial charge in [0.05, 0.1) is 11.0 Å². The Kier molecular flexibility index (Phi) is 6.01. The number of fused-ring (bicyclic) bond motifs is 4. The minimum Gasteiger partial charge on any atom is -0.355 e. The highest BCUT2D eigenvalue weighted by molar-refractivity contribution is 6.09. The minimum absolute atomic E-state index is 0.205. The molecule has 0 bridgehead atoms. The van der Waals surface area contributed by atoms with Gasteiger partial charge in [-0.25, -0.2) is 4.39 Å². The average Bonchev–Trinajstić information content (AvgIpc) is 3.41. The van der Waals surface area contributed by atoms with Crippen LogP contribution in [-0.2, 0) is 0 Å². The summed E-state index contributed by atoms with van der Waals surface area (Å²) in [5.41, 5.74) is 9.60. The highest BCUT2D eigenvalue weighted by Crippen LogP contribution is 2.38. The molecule has 43 heavy (non-hydrogen) atoms. The number of aromatic nitrogens is 1. The van der Waals surface area contributed by atoms with Crippen LogP contribution in [0.2, 0.25) is 0 Å². The van der Waals surface area contributed by atoms with Crippen molar-refractivity contribution >= 4 is 44.0 Å². The van der Waals surface area contributed by atoms with E-state index in [1.807, 2.05) is 36.4 Å². The molecular formula is C40H27FN2. The van der Waals surface area contributed by atoms with Gasteiger partial charge in [-0.1, -0.05) is 109 Å². The summed E-state index contributed by atoms with van der Waals surface area (Å²) in [5, 5.41) is 7.62. The second-order valence-corrected chi connectivity index (χ2v) is 10.8. The fourth-order valence-electron chi connectivity index (χ4n) is 6.32. The number of nitrogens with one attached hydrogen (secondary N) is 1. The lowest BCUT2D eigenvalue weighted by molar-refractivity contribution is 0.640. The van der Waals surface area contributed by atoms with Crippen LogP contribution in [0.1, 0.15) is 0 Å². The first kappa shape index (κ1) is 25.1. The number of rotatable bonds is 5. The standard InChI is InChI=1S/C40H27FN2/c41-36-19-9-21-38-40(36)35-16-4-5-20-37(35)43(38)32-15-8-14-31(26-32)42-30-24-22-28(23-25-30)34-18-7-13-29-12-6-17-33(39(29)34)27-10-2-1-3-11-27/h1-26,42H. The molecule has 1 aromatic heterocycles. The summed E-state index contributed by atoms with van der Waals surface area (Å²) in [6.45, 7) is 0. The maximum atomic E-state index is 14.9. The molecule has 8 rings (SSSR count). The zero-order valence-corrected chi connectivity index (χ0v) is 23.3. The molecule has 0 saturated heterocycles. The predicted octanol–water partition coefficient (Wildman–Crippen LogP) is 11.2. The van der Waals surface area contributed by atoms with Crippen LogP contribution in [0.15, 0.2) is 158 Å². The van der Waals surface area contributed by atoms with E-state index in [4.69, 9.17) is 0 Å². The highest BCUT2D eigenvalue weighted by Gasteiger charge is 2.15. The Bertz CT molecular complexity index is 2260. The molecule has 8 aromatic rings. The first-order valence-corrected chi connectivity index (χ1v) is 14.5. The van der Waals surface area contributed by atoms with Crippen LogP contribution in [0.3, 0.4) is 0 Å². The summed E-state index contributed by atoms with van der Waals surface area (Å²) in [5.74, 6) is -0.205. The Labute approximate surface area is 249 Å². The first-order valence-electron chi connectivity index (χ1n) is 14.5. The van der Waals surface area contributed by atoms with Crippen molar-refractivity contribution in [2.24, 2.45) is 0 Å². The van der Waals surface area contributed by atoms with Crippen LogP contribution in [0, 0.1) is 5.82 Å². The van der Waals surface area contributed by atoms with Crippen molar-refractivity contribution in [1.82, 2.24) is 4.57 Å². The number of nitrogens with zero attached hydrogens (tertiary/aromatic N) is 1. The molecule has 2 nitrogen and oxygen atoms in total. The van der Waals surface area contributed by atoms with E-state index in [9.17, 15) is 4.39 Å². The van der Waals surface area contributed by atoms with Crippen LogP contribution >= 0.6 is 0 Å². The maximum absolute atomic E-state index is 14.9. The zero-order valence-electron chi connectivity index (χ0n) is 23.3. The Balaban J connectivity index is 1.15. The number of hydrogen-bond donors (Lipinski definition) is 1. The van der Waals surface area contributed by atoms with Gasteiger partial charge in [0.25, 0.3) is 0 Å². The van der Waals surface area contributed by atoms with Gasteiger partial charge in [0.15, 0.2) is 0 Å². The molecule has 204 valence electrons. The molecule has 0 atom stereocenters. The summed E-state index contributed by atoms with van der Waals surface area (Å²) < 4.78 is 17.1. The summed E-state index contributed by atoms with van der Waals surface area (Å²) in [6.07, 6.45) is 0. The predicted molar refractivity (Wildman–Crippen MR) is 179 cm³/mol. The van der Waals surface area contributed by atoms with Crippen molar-refractivity contribution in [3.8, 4) is 27.9 Å². The van der Waals surface area contributed by atoms with E-state index in [1.165, 1.54) is 39.1 Å². The van der Waals surface area contributed by atoms with Crippen LogP contribution in [0.5, 0.6) is 0 Å². The normalized spacial score (nSPS) is 11.4. The van der Waals surface area contributed by atoms with Crippen LogP contribution < -0.4 is 5.32 Å². The fraction of sp³-hybridized carbons (Fsp3) is 0. The van der Waals surface area contributed by atoms with E-state index in [0.29, 0.717) is 5.39 Å². The monoisotopic (exact) mass is 554 g/mol. The molecule has 7 aromatic carbocycles. The van der Waals surface area contributed by atoms with Gasteiger partial charge in [0.2, 0.25) is 0 Å². The van der Waals surface area contributed by atoms with Gasteiger partial charge in [-0.05, 0) is 81.6 Å². The van der Waals surface area contributed by atoms with E-state index in [2.05, 4.69) is 119 Å². The largest absolute Gasteiger partial charge is 0.355 e. The smallest absolute Gasteiger partial charge is 0.133 e. The third kappa shape index (κ3) is 4.34. The van der Waals surface area contributed by atoms with Gasteiger partial charge in [-0.15, -0.1) is 0 Å².